The van der Waals surface area contributed by atoms with Crippen molar-refractivity contribution in [2.24, 2.45) is 0 Å². The van der Waals surface area contributed by atoms with Crippen molar-refractivity contribution < 1.29 is 9.90 Å². The molecule has 0 saturated carbocycles. The summed E-state index contributed by atoms with van der Waals surface area (Å²) in [6, 6.07) is 22.4. The lowest BCUT2D eigenvalue weighted by Gasteiger charge is -2.13. The lowest BCUT2D eigenvalue weighted by atomic mass is 9.92. The molecule has 4 nitrogen and oxygen atoms in total. The number of aromatic carboxylic acids is 1. The minimum Gasteiger partial charge on any atom is -0.478 e. The fraction of sp³-hybridized carbons (Fsp3) is 0.241. The van der Waals surface area contributed by atoms with Gasteiger partial charge in [0.05, 0.1) is 16.6 Å². The van der Waals surface area contributed by atoms with Gasteiger partial charge in [0.2, 0.25) is 0 Å². The molecular formula is C29H28N2O2. The van der Waals surface area contributed by atoms with Crippen LogP contribution in [0.15, 0.2) is 72.8 Å². The van der Waals surface area contributed by atoms with Gasteiger partial charge in [0.15, 0.2) is 0 Å². The minimum atomic E-state index is -0.905. The monoisotopic (exact) mass is 436 g/mol. The molecule has 0 unspecified atom stereocenters. The molecule has 0 bridgehead atoms. The number of carboxylic acid groups (broad SMARTS) is 1. The zero-order chi connectivity index (χ0) is 22.8. The molecule has 1 heterocycles. The summed E-state index contributed by atoms with van der Waals surface area (Å²) in [6.45, 7) is 2.70. The molecule has 0 saturated heterocycles. The Morgan fingerprint density at radius 1 is 1.00 bits per heavy atom. The molecule has 0 aliphatic heterocycles. The SMILES string of the molecule is CCc1nc2c(-c3ccc(C4=CCCCC4)cc3)cccc2n1Cc1cccc(C(=O)O)c1. The van der Waals surface area contributed by atoms with Crippen molar-refractivity contribution in [2.45, 2.75) is 45.6 Å². The number of fused-ring (bicyclic) bond motifs is 1. The Hall–Kier alpha value is -3.66. The molecule has 5 rings (SSSR count). The van der Waals surface area contributed by atoms with Crippen molar-refractivity contribution in [3.8, 4) is 11.1 Å². The van der Waals surface area contributed by atoms with Gasteiger partial charge in [-0.05, 0) is 66.1 Å². The Kier molecular flexibility index (Phi) is 5.82. The molecular weight excluding hydrogens is 408 g/mol. The van der Waals surface area contributed by atoms with Gasteiger partial charge in [-0.15, -0.1) is 0 Å². The number of aromatic nitrogens is 2. The summed E-state index contributed by atoms with van der Waals surface area (Å²) in [6.07, 6.45) is 8.12. The van der Waals surface area contributed by atoms with Gasteiger partial charge in [-0.3, -0.25) is 0 Å². The quantitative estimate of drug-likeness (QED) is 0.355. The first-order valence-corrected chi connectivity index (χ1v) is 11.7. The average Bonchev–Trinajstić information content (AvgIpc) is 3.22. The second-order valence-corrected chi connectivity index (χ2v) is 8.70. The van der Waals surface area contributed by atoms with Crippen molar-refractivity contribution in [1.82, 2.24) is 9.55 Å². The largest absolute Gasteiger partial charge is 0.478 e. The van der Waals surface area contributed by atoms with Gasteiger partial charge in [-0.25, -0.2) is 9.78 Å². The van der Waals surface area contributed by atoms with E-state index in [0.29, 0.717) is 12.1 Å². The van der Waals surface area contributed by atoms with Gasteiger partial charge in [0.25, 0.3) is 0 Å². The predicted molar refractivity (Wildman–Crippen MR) is 133 cm³/mol. The van der Waals surface area contributed by atoms with Crippen LogP contribution in [-0.4, -0.2) is 20.6 Å². The van der Waals surface area contributed by atoms with Crippen molar-refractivity contribution in [3.05, 3.63) is 95.3 Å². The molecule has 33 heavy (non-hydrogen) atoms. The predicted octanol–water partition coefficient (Wildman–Crippen LogP) is 6.97. The van der Waals surface area contributed by atoms with Gasteiger partial charge in [0, 0.05) is 18.5 Å². The Labute approximate surface area is 194 Å². The number of allylic oxidation sites excluding steroid dienone is 2. The highest BCUT2D eigenvalue weighted by molar-refractivity contribution is 5.93. The van der Waals surface area contributed by atoms with E-state index in [2.05, 4.69) is 60.0 Å². The van der Waals surface area contributed by atoms with Gasteiger partial charge in [-0.1, -0.05) is 61.5 Å². The van der Waals surface area contributed by atoms with E-state index in [1.807, 2.05) is 6.07 Å². The molecule has 1 aromatic heterocycles. The molecule has 4 heteroatoms. The van der Waals surface area contributed by atoms with E-state index in [9.17, 15) is 9.90 Å². The molecule has 0 amide bonds. The smallest absolute Gasteiger partial charge is 0.335 e. The van der Waals surface area contributed by atoms with Crippen LogP contribution in [0.1, 0.15) is 59.9 Å². The molecule has 0 radical (unpaired) electrons. The highest BCUT2D eigenvalue weighted by Gasteiger charge is 2.15. The van der Waals surface area contributed by atoms with E-state index in [4.69, 9.17) is 4.98 Å². The van der Waals surface area contributed by atoms with E-state index in [0.717, 1.165) is 34.4 Å². The third-order valence-electron chi connectivity index (χ3n) is 6.55. The molecule has 1 aliphatic carbocycles. The molecule has 0 atom stereocenters. The number of para-hydroxylation sites is 1. The third-order valence-corrected chi connectivity index (χ3v) is 6.55. The number of carbonyl (C=O) groups is 1. The van der Waals surface area contributed by atoms with Gasteiger partial charge < -0.3 is 9.67 Å². The van der Waals surface area contributed by atoms with Gasteiger partial charge in [-0.2, -0.15) is 0 Å². The maximum atomic E-state index is 11.4. The van der Waals surface area contributed by atoms with E-state index >= 15 is 0 Å². The molecule has 1 N–H and O–H groups in total. The first-order valence-electron chi connectivity index (χ1n) is 11.7. The number of carboxylic acids is 1. The molecule has 0 fully saturated rings. The summed E-state index contributed by atoms with van der Waals surface area (Å²) in [5.41, 5.74) is 8.42. The van der Waals surface area contributed by atoms with Crippen LogP contribution in [0, 0.1) is 0 Å². The Morgan fingerprint density at radius 2 is 1.79 bits per heavy atom. The summed E-state index contributed by atoms with van der Waals surface area (Å²) in [5.74, 6) is 0.0972. The number of nitrogens with zero attached hydrogens (tertiary/aromatic N) is 2. The Bertz CT molecular complexity index is 1350. The zero-order valence-corrected chi connectivity index (χ0v) is 18.9. The van der Waals surface area contributed by atoms with Crippen molar-refractivity contribution in [1.29, 1.82) is 0 Å². The van der Waals surface area contributed by atoms with Gasteiger partial charge >= 0.3 is 5.97 Å². The number of imidazole rings is 1. The van der Waals surface area contributed by atoms with Crippen LogP contribution in [-0.2, 0) is 13.0 Å². The topological polar surface area (TPSA) is 55.1 Å². The molecule has 166 valence electrons. The average molecular weight is 437 g/mol. The zero-order valence-electron chi connectivity index (χ0n) is 18.9. The maximum Gasteiger partial charge on any atom is 0.335 e. The normalized spacial score (nSPS) is 13.8. The number of hydrogen-bond acceptors (Lipinski definition) is 2. The number of benzene rings is 3. The second-order valence-electron chi connectivity index (χ2n) is 8.70. The van der Waals surface area contributed by atoms with Gasteiger partial charge in [0.1, 0.15) is 5.82 Å². The lowest BCUT2D eigenvalue weighted by Crippen LogP contribution is -2.05. The highest BCUT2D eigenvalue weighted by Crippen LogP contribution is 2.32. The van der Waals surface area contributed by atoms with Crippen molar-refractivity contribution >= 4 is 22.6 Å². The fourth-order valence-corrected chi connectivity index (χ4v) is 4.82. The van der Waals surface area contributed by atoms with Crippen LogP contribution in [0.3, 0.4) is 0 Å². The van der Waals surface area contributed by atoms with E-state index in [-0.39, 0.29) is 0 Å². The standard InChI is InChI=1S/C29H28N2O2/c1-2-27-30-28-25(23-16-14-22(15-17-23)21-9-4-3-5-10-21)12-7-13-26(28)31(27)19-20-8-6-11-24(18-20)29(32)33/h6-9,11-18H,2-5,10,19H2,1H3,(H,32,33). The third kappa shape index (κ3) is 4.21. The number of rotatable bonds is 6. The van der Waals surface area contributed by atoms with Crippen LogP contribution < -0.4 is 0 Å². The lowest BCUT2D eigenvalue weighted by molar-refractivity contribution is 0.0696. The number of hydrogen-bond donors (Lipinski definition) is 1. The molecule has 3 aromatic carbocycles. The fourth-order valence-electron chi connectivity index (χ4n) is 4.82. The minimum absolute atomic E-state index is 0.309. The first-order chi connectivity index (χ1) is 16.1. The van der Waals surface area contributed by atoms with E-state index < -0.39 is 5.97 Å². The summed E-state index contributed by atoms with van der Waals surface area (Å²) < 4.78 is 2.21. The van der Waals surface area contributed by atoms with Crippen LogP contribution in [0.5, 0.6) is 0 Å². The molecule has 1 aliphatic rings. The van der Waals surface area contributed by atoms with Crippen LogP contribution >= 0.6 is 0 Å². The maximum absolute atomic E-state index is 11.4. The van der Waals surface area contributed by atoms with E-state index in [1.165, 1.54) is 42.4 Å². The van der Waals surface area contributed by atoms with E-state index in [1.54, 1.807) is 18.2 Å². The van der Waals surface area contributed by atoms with Crippen LogP contribution in [0.2, 0.25) is 0 Å². The number of aryl methyl sites for hydroxylation is 1. The van der Waals surface area contributed by atoms with Crippen molar-refractivity contribution in [3.63, 3.8) is 0 Å². The summed E-state index contributed by atoms with van der Waals surface area (Å²) >= 11 is 0. The summed E-state index contributed by atoms with van der Waals surface area (Å²) in [5, 5.41) is 9.35. The van der Waals surface area contributed by atoms with Crippen LogP contribution in [0.4, 0.5) is 0 Å². The summed E-state index contributed by atoms with van der Waals surface area (Å²) in [7, 11) is 0. The second kappa shape index (κ2) is 9.07. The first kappa shape index (κ1) is 21.2. The van der Waals surface area contributed by atoms with Crippen molar-refractivity contribution in [2.75, 3.05) is 0 Å². The Balaban J connectivity index is 1.53. The van der Waals surface area contributed by atoms with Crippen LogP contribution in [0.25, 0.3) is 27.7 Å². The Morgan fingerprint density at radius 3 is 2.52 bits per heavy atom. The highest BCUT2D eigenvalue weighted by atomic mass is 16.4. The molecule has 0 spiro atoms. The summed E-state index contributed by atoms with van der Waals surface area (Å²) in [4.78, 5) is 16.4. The molecule has 4 aromatic rings.